The minimum absolute atomic E-state index is 0.0506. The van der Waals surface area contributed by atoms with E-state index in [2.05, 4.69) is 14.8 Å². The van der Waals surface area contributed by atoms with Crippen LogP contribution in [0.4, 0.5) is 15.8 Å². The molecule has 35 heavy (non-hydrogen) atoms. The zero-order valence-electron chi connectivity index (χ0n) is 19.5. The van der Waals surface area contributed by atoms with Crippen LogP contribution in [0.1, 0.15) is 26.4 Å². The first-order valence-corrected chi connectivity index (χ1v) is 12.2. The average molecular weight is 474 g/mol. The molecule has 0 unspecified atom stereocenters. The van der Waals surface area contributed by atoms with Gasteiger partial charge in [-0.1, -0.05) is 0 Å². The van der Waals surface area contributed by atoms with Crippen LogP contribution in [-0.2, 0) is 6.42 Å². The number of carbonyl (C=O) groups excluding carboxylic acids is 2. The van der Waals surface area contributed by atoms with Crippen LogP contribution in [0.25, 0.3) is 0 Å². The van der Waals surface area contributed by atoms with Crippen molar-refractivity contribution in [3.05, 3.63) is 83.4 Å². The first-order valence-electron chi connectivity index (χ1n) is 12.2. The second-order valence-electron chi connectivity index (χ2n) is 9.50. The first-order chi connectivity index (χ1) is 17.1. The van der Waals surface area contributed by atoms with Crippen molar-refractivity contribution in [1.82, 2.24) is 19.7 Å². The number of benzene rings is 2. The Labute approximate surface area is 203 Å². The van der Waals surface area contributed by atoms with Gasteiger partial charge >= 0.3 is 0 Å². The molecule has 2 fully saturated rings. The maximum absolute atomic E-state index is 13.3. The van der Waals surface area contributed by atoms with Gasteiger partial charge in [0.25, 0.3) is 11.8 Å². The fraction of sp³-hybridized carbons (Fsp3) is 0.333. The number of aromatic nitrogens is 1. The van der Waals surface area contributed by atoms with Gasteiger partial charge in [-0.25, -0.2) is 4.39 Å². The normalized spacial score (nSPS) is 18.5. The van der Waals surface area contributed by atoms with E-state index in [-0.39, 0.29) is 17.6 Å². The van der Waals surface area contributed by atoms with Gasteiger partial charge in [0.15, 0.2) is 0 Å². The molecule has 3 aliphatic heterocycles. The number of anilines is 2. The molecule has 2 saturated heterocycles. The van der Waals surface area contributed by atoms with E-state index in [4.69, 9.17) is 0 Å². The molecule has 0 bridgehead atoms. The number of aromatic amines is 1. The number of hydrogen-bond donors (Lipinski definition) is 1. The Kier molecular flexibility index (Phi) is 5.53. The number of amides is 2. The summed E-state index contributed by atoms with van der Waals surface area (Å²) in [6, 6.07) is 16.5. The largest absolute Gasteiger partial charge is 0.357 e. The third kappa shape index (κ3) is 4.08. The number of rotatable bonds is 4. The van der Waals surface area contributed by atoms with Crippen LogP contribution in [0.5, 0.6) is 0 Å². The molecule has 2 aromatic carbocycles. The summed E-state index contributed by atoms with van der Waals surface area (Å²) in [5.41, 5.74) is 4.56. The van der Waals surface area contributed by atoms with Crippen LogP contribution < -0.4 is 4.90 Å². The van der Waals surface area contributed by atoms with Crippen LogP contribution in [-0.4, -0.2) is 83.4 Å². The minimum atomic E-state index is -0.242. The highest BCUT2D eigenvalue weighted by atomic mass is 19.1. The molecule has 6 rings (SSSR count). The van der Waals surface area contributed by atoms with Crippen molar-refractivity contribution in [2.75, 3.05) is 50.7 Å². The fourth-order valence-corrected chi connectivity index (χ4v) is 5.38. The number of hydrogen-bond acceptors (Lipinski definition) is 4. The lowest BCUT2D eigenvalue weighted by Crippen LogP contribution is -2.64. The molecule has 0 spiro atoms. The molecule has 3 aliphatic rings. The maximum Gasteiger partial charge on any atom is 0.270 e. The third-order valence-electron chi connectivity index (χ3n) is 7.46. The lowest BCUT2D eigenvalue weighted by Gasteiger charge is -2.48. The van der Waals surface area contributed by atoms with Gasteiger partial charge in [-0.15, -0.1) is 0 Å². The molecule has 0 atom stereocenters. The van der Waals surface area contributed by atoms with Crippen molar-refractivity contribution in [3.8, 4) is 0 Å². The van der Waals surface area contributed by atoms with E-state index in [0.29, 0.717) is 24.8 Å². The van der Waals surface area contributed by atoms with Crippen molar-refractivity contribution in [2.24, 2.45) is 0 Å². The quantitative estimate of drug-likeness (QED) is 0.633. The minimum Gasteiger partial charge on any atom is -0.357 e. The maximum atomic E-state index is 13.3. The molecule has 8 heteroatoms. The predicted molar refractivity (Wildman–Crippen MR) is 132 cm³/mol. The van der Waals surface area contributed by atoms with Crippen LogP contribution in [0.15, 0.2) is 60.8 Å². The monoisotopic (exact) mass is 473 g/mol. The number of H-pyrrole nitrogens is 1. The second kappa shape index (κ2) is 8.85. The number of likely N-dealkylation sites (tertiary alicyclic amines) is 1. The highest BCUT2D eigenvalue weighted by Crippen LogP contribution is 2.35. The second-order valence-corrected chi connectivity index (χ2v) is 9.50. The molecule has 1 N–H and O–H groups in total. The highest BCUT2D eigenvalue weighted by Gasteiger charge is 2.37. The molecule has 0 radical (unpaired) electrons. The van der Waals surface area contributed by atoms with Gasteiger partial charge < -0.3 is 19.7 Å². The summed E-state index contributed by atoms with van der Waals surface area (Å²) < 4.78 is 13.3. The number of halogens is 1. The van der Waals surface area contributed by atoms with E-state index >= 15 is 0 Å². The first kappa shape index (κ1) is 21.9. The summed E-state index contributed by atoms with van der Waals surface area (Å²) in [5.74, 6) is -0.117. The van der Waals surface area contributed by atoms with Gasteiger partial charge in [-0.05, 0) is 66.6 Å². The van der Waals surface area contributed by atoms with E-state index in [1.165, 1.54) is 12.1 Å². The van der Waals surface area contributed by atoms with Crippen LogP contribution in [0, 0.1) is 5.82 Å². The Hall–Kier alpha value is -3.65. The van der Waals surface area contributed by atoms with Gasteiger partial charge in [0.1, 0.15) is 11.5 Å². The smallest absolute Gasteiger partial charge is 0.270 e. The van der Waals surface area contributed by atoms with E-state index in [9.17, 15) is 14.0 Å². The Bertz CT molecular complexity index is 1230. The molecule has 0 aliphatic carbocycles. The van der Waals surface area contributed by atoms with Crippen molar-refractivity contribution in [1.29, 1.82) is 0 Å². The summed E-state index contributed by atoms with van der Waals surface area (Å²) in [6.45, 7) is 5.34. The zero-order chi connectivity index (χ0) is 23.9. The fourth-order valence-electron chi connectivity index (χ4n) is 5.38. The lowest BCUT2D eigenvalue weighted by molar-refractivity contribution is 0.00843. The SMILES string of the molecule is O=C(c1ccc2c(c1)CCN2c1ccc(F)cc1)N1CC(N2CCN(C(=O)c3ccc[nH]3)CC2)C1. The summed E-state index contributed by atoms with van der Waals surface area (Å²) in [7, 11) is 0. The van der Waals surface area contributed by atoms with Crippen LogP contribution in [0.2, 0.25) is 0 Å². The van der Waals surface area contributed by atoms with Crippen molar-refractivity contribution >= 4 is 23.2 Å². The van der Waals surface area contributed by atoms with E-state index in [0.717, 1.165) is 61.6 Å². The summed E-state index contributed by atoms with van der Waals surface area (Å²) in [5, 5.41) is 0. The van der Waals surface area contributed by atoms with Gasteiger partial charge in [0.2, 0.25) is 0 Å². The summed E-state index contributed by atoms with van der Waals surface area (Å²) >= 11 is 0. The molecule has 0 saturated carbocycles. The van der Waals surface area contributed by atoms with E-state index in [1.807, 2.05) is 40.1 Å². The predicted octanol–water partition coefficient (Wildman–Crippen LogP) is 3.13. The van der Waals surface area contributed by atoms with Gasteiger partial charge in [0.05, 0.1) is 0 Å². The average Bonchev–Trinajstić information content (AvgIpc) is 3.54. The number of piperazine rings is 1. The topological polar surface area (TPSA) is 62.9 Å². The van der Waals surface area contributed by atoms with E-state index in [1.54, 1.807) is 18.3 Å². The third-order valence-corrected chi connectivity index (χ3v) is 7.46. The van der Waals surface area contributed by atoms with Crippen LogP contribution in [0.3, 0.4) is 0 Å². The van der Waals surface area contributed by atoms with Crippen molar-refractivity contribution in [2.45, 2.75) is 12.5 Å². The molecule has 4 heterocycles. The number of nitrogens with one attached hydrogen (secondary N) is 1. The van der Waals surface area contributed by atoms with Crippen molar-refractivity contribution < 1.29 is 14.0 Å². The molecule has 1 aromatic heterocycles. The molecular formula is C27H28FN5O2. The van der Waals surface area contributed by atoms with Gasteiger partial charge in [-0.2, -0.15) is 0 Å². The Morgan fingerprint density at radius 1 is 0.857 bits per heavy atom. The van der Waals surface area contributed by atoms with Gasteiger partial charge in [-0.3, -0.25) is 14.5 Å². The zero-order valence-corrected chi connectivity index (χ0v) is 19.5. The number of fused-ring (bicyclic) bond motifs is 1. The molecule has 7 nitrogen and oxygen atoms in total. The van der Waals surface area contributed by atoms with E-state index < -0.39 is 0 Å². The highest BCUT2D eigenvalue weighted by molar-refractivity contribution is 5.96. The van der Waals surface area contributed by atoms with Crippen LogP contribution >= 0.6 is 0 Å². The summed E-state index contributed by atoms with van der Waals surface area (Å²) in [4.78, 5) is 37.0. The molecular weight excluding hydrogens is 445 g/mol. The Balaban J connectivity index is 1.03. The standard InChI is InChI=1S/C27H28FN5O2/c28-21-4-6-22(7-5-21)33-11-9-19-16-20(3-8-25(19)33)26(34)32-17-23(18-32)30-12-14-31(15-13-30)27(35)24-2-1-10-29-24/h1-8,10,16,23,29H,9,11-15,17-18H2. The summed E-state index contributed by atoms with van der Waals surface area (Å²) in [6.07, 6.45) is 2.63. The number of nitrogens with zero attached hydrogens (tertiary/aromatic N) is 4. The van der Waals surface area contributed by atoms with Gasteiger partial charge in [0, 0.05) is 75.0 Å². The van der Waals surface area contributed by atoms with Crippen molar-refractivity contribution in [3.63, 3.8) is 0 Å². The molecule has 3 aromatic rings. The molecule has 180 valence electrons. The number of carbonyl (C=O) groups is 2. The Morgan fingerprint density at radius 3 is 2.34 bits per heavy atom. The lowest BCUT2D eigenvalue weighted by atomic mass is 10.0. The Morgan fingerprint density at radius 2 is 1.63 bits per heavy atom. The molecule has 2 amide bonds.